The lowest BCUT2D eigenvalue weighted by atomic mass is 10.4. The van der Waals surface area contributed by atoms with Crippen molar-refractivity contribution in [1.82, 2.24) is 0 Å². The van der Waals surface area contributed by atoms with Crippen molar-refractivity contribution in [2.75, 3.05) is 0 Å². The number of hydrogen-bond donors (Lipinski definition) is 1. The lowest BCUT2D eigenvalue weighted by Gasteiger charge is -2.04. The summed E-state index contributed by atoms with van der Waals surface area (Å²) in [5.74, 6) is -1.32. The number of benzene rings is 1. The average Bonchev–Trinajstić information content (AvgIpc) is 2.77. The zero-order chi connectivity index (χ0) is 14.0. The smallest absolute Gasteiger partial charge is 0.345 e. The molecule has 1 heterocycles. The van der Waals surface area contributed by atoms with Crippen molar-refractivity contribution in [2.24, 2.45) is 0 Å². The highest BCUT2D eigenvalue weighted by Gasteiger charge is 2.20. The van der Waals surface area contributed by atoms with Crippen LogP contribution in [-0.4, -0.2) is 19.5 Å². The summed E-state index contributed by atoms with van der Waals surface area (Å²) in [6.07, 6.45) is 0. The highest BCUT2D eigenvalue weighted by Crippen LogP contribution is 2.26. The fourth-order valence-electron chi connectivity index (χ4n) is 1.53. The molecule has 0 saturated heterocycles. The van der Waals surface area contributed by atoms with E-state index in [2.05, 4.69) is 0 Å². The molecule has 1 aromatic carbocycles. The first-order valence-electron chi connectivity index (χ1n) is 5.19. The Balaban J connectivity index is 2.31. The van der Waals surface area contributed by atoms with Gasteiger partial charge in [-0.25, -0.2) is 13.2 Å². The van der Waals surface area contributed by atoms with Crippen molar-refractivity contribution in [3.8, 4) is 0 Å². The third-order valence-electron chi connectivity index (χ3n) is 2.38. The minimum atomic E-state index is -3.57. The molecule has 0 unspecified atom stereocenters. The lowest BCUT2D eigenvalue weighted by molar-refractivity contribution is 0.0702. The van der Waals surface area contributed by atoms with Crippen LogP contribution in [0.15, 0.2) is 41.3 Å². The fraction of sp³-hybridized carbons (Fsp3) is 0.0833. The summed E-state index contributed by atoms with van der Waals surface area (Å²) >= 11 is 6.81. The maximum Gasteiger partial charge on any atom is 0.345 e. The van der Waals surface area contributed by atoms with E-state index in [4.69, 9.17) is 16.7 Å². The topological polar surface area (TPSA) is 71.4 Å². The van der Waals surface area contributed by atoms with Crippen molar-refractivity contribution in [3.05, 3.63) is 51.2 Å². The van der Waals surface area contributed by atoms with E-state index >= 15 is 0 Å². The molecule has 1 aromatic heterocycles. The largest absolute Gasteiger partial charge is 0.477 e. The molecule has 4 nitrogen and oxygen atoms in total. The predicted molar refractivity (Wildman–Crippen MR) is 73.6 cm³/mol. The minimum absolute atomic E-state index is 0.0574. The number of carbonyl (C=O) groups is 1. The van der Waals surface area contributed by atoms with Crippen molar-refractivity contribution >= 4 is 38.7 Å². The highest BCUT2D eigenvalue weighted by atomic mass is 35.5. The molecule has 0 spiro atoms. The Bertz CT molecular complexity index is 719. The number of aromatic carboxylic acids is 1. The SMILES string of the molecule is O=C(O)c1ccc(CS(=O)(=O)c2ccccc2Cl)s1. The number of rotatable bonds is 4. The van der Waals surface area contributed by atoms with Crippen LogP contribution >= 0.6 is 22.9 Å². The quantitative estimate of drug-likeness (QED) is 0.941. The van der Waals surface area contributed by atoms with Crippen molar-refractivity contribution in [2.45, 2.75) is 10.6 Å². The minimum Gasteiger partial charge on any atom is -0.477 e. The molecule has 2 rings (SSSR count). The molecule has 0 saturated carbocycles. The monoisotopic (exact) mass is 316 g/mol. The summed E-state index contributed by atoms with van der Waals surface area (Å²) in [6.45, 7) is 0. The maximum absolute atomic E-state index is 12.2. The van der Waals surface area contributed by atoms with Crippen molar-refractivity contribution in [3.63, 3.8) is 0 Å². The molecular formula is C12H9ClO4S2. The molecule has 0 radical (unpaired) electrons. The maximum atomic E-state index is 12.2. The second kappa shape index (κ2) is 5.32. The number of halogens is 1. The molecule has 1 N–H and O–H groups in total. The zero-order valence-corrected chi connectivity index (χ0v) is 11.9. The summed E-state index contributed by atoms with van der Waals surface area (Å²) in [5, 5.41) is 8.96. The van der Waals surface area contributed by atoms with Gasteiger partial charge in [-0.05, 0) is 24.3 Å². The van der Waals surface area contributed by atoms with E-state index < -0.39 is 15.8 Å². The molecular weight excluding hydrogens is 308 g/mol. The first kappa shape index (κ1) is 14.0. The molecule has 0 fully saturated rings. The molecule has 0 aliphatic carbocycles. The van der Waals surface area contributed by atoms with E-state index in [1.165, 1.54) is 24.3 Å². The van der Waals surface area contributed by atoms with Gasteiger partial charge in [0.2, 0.25) is 0 Å². The number of sulfone groups is 1. The molecule has 2 aromatic rings. The second-order valence-corrected chi connectivity index (χ2v) is 7.29. The van der Waals surface area contributed by atoms with E-state index in [9.17, 15) is 13.2 Å². The van der Waals surface area contributed by atoms with Gasteiger partial charge in [0.05, 0.1) is 15.7 Å². The number of carboxylic acid groups (broad SMARTS) is 1. The van der Waals surface area contributed by atoms with Crippen LogP contribution in [0.25, 0.3) is 0 Å². The van der Waals surface area contributed by atoms with Gasteiger partial charge in [-0.2, -0.15) is 0 Å². The Morgan fingerprint density at radius 1 is 1.21 bits per heavy atom. The average molecular weight is 317 g/mol. The van der Waals surface area contributed by atoms with E-state index in [-0.39, 0.29) is 20.5 Å². The molecule has 0 aliphatic heterocycles. The van der Waals surface area contributed by atoms with Gasteiger partial charge in [0, 0.05) is 4.88 Å². The van der Waals surface area contributed by atoms with Crippen LogP contribution in [0.2, 0.25) is 5.02 Å². The summed E-state index contributed by atoms with van der Waals surface area (Å²) < 4.78 is 24.4. The fourth-order valence-corrected chi connectivity index (χ4v) is 4.64. The Kier molecular flexibility index (Phi) is 3.93. The summed E-state index contributed by atoms with van der Waals surface area (Å²) in [7, 11) is -3.57. The molecule has 0 bridgehead atoms. The van der Waals surface area contributed by atoms with Crippen LogP contribution in [-0.2, 0) is 15.6 Å². The third kappa shape index (κ3) is 3.15. The standard InChI is InChI=1S/C12H9ClO4S2/c13-9-3-1-2-4-11(9)19(16,17)7-8-5-6-10(18-8)12(14)15/h1-6H,7H2,(H,14,15). The van der Waals surface area contributed by atoms with Gasteiger partial charge in [-0.1, -0.05) is 23.7 Å². The van der Waals surface area contributed by atoms with Crippen LogP contribution < -0.4 is 0 Å². The zero-order valence-electron chi connectivity index (χ0n) is 9.54. The second-order valence-electron chi connectivity index (χ2n) is 3.76. The van der Waals surface area contributed by atoms with E-state index in [0.29, 0.717) is 4.88 Å². The van der Waals surface area contributed by atoms with Crippen molar-refractivity contribution < 1.29 is 18.3 Å². The van der Waals surface area contributed by atoms with Crippen LogP contribution in [0.5, 0.6) is 0 Å². The van der Waals surface area contributed by atoms with Gasteiger partial charge < -0.3 is 5.11 Å². The van der Waals surface area contributed by atoms with E-state index in [0.717, 1.165) is 11.3 Å². The molecule has 7 heteroatoms. The van der Waals surface area contributed by atoms with Gasteiger partial charge >= 0.3 is 5.97 Å². The molecule has 19 heavy (non-hydrogen) atoms. The Labute approximate surface area is 119 Å². The van der Waals surface area contributed by atoms with Gasteiger partial charge in [-0.3, -0.25) is 0 Å². The van der Waals surface area contributed by atoms with E-state index in [1.54, 1.807) is 12.1 Å². The lowest BCUT2D eigenvalue weighted by Crippen LogP contribution is -2.04. The summed E-state index contributed by atoms with van der Waals surface area (Å²) in [6, 6.07) is 9.08. The number of thiophene rings is 1. The highest BCUT2D eigenvalue weighted by molar-refractivity contribution is 7.91. The van der Waals surface area contributed by atoms with Gasteiger partial charge in [0.25, 0.3) is 0 Å². The number of carboxylic acids is 1. The van der Waals surface area contributed by atoms with Crippen LogP contribution in [0, 0.1) is 0 Å². The molecule has 0 aliphatic rings. The predicted octanol–water partition coefficient (Wildman–Crippen LogP) is 3.07. The molecule has 0 amide bonds. The number of hydrogen-bond acceptors (Lipinski definition) is 4. The third-order valence-corrected chi connectivity index (χ3v) is 5.79. The van der Waals surface area contributed by atoms with Crippen LogP contribution in [0.3, 0.4) is 0 Å². The molecule has 0 atom stereocenters. The van der Waals surface area contributed by atoms with Gasteiger partial charge in [0.1, 0.15) is 4.88 Å². The summed E-state index contributed by atoms with van der Waals surface area (Å²) in [4.78, 5) is 11.4. The van der Waals surface area contributed by atoms with Crippen molar-refractivity contribution in [1.29, 1.82) is 0 Å². The van der Waals surface area contributed by atoms with Crippen LogP contribution in [0.4, 0.5) is 0 Å². The Hall–Kier alpha value is -1.37. The normalized spacial score (nSPS) is 11.4. The van der Waals surface area contributed by atoms with Gasteiger partial charge in [0.15, 0.2) is 9.84 Å². The van der Waals surface area contributed by atoms with Crippen LogP contribution in [0.1, 0.15) is 14.5 Å². The first-order chi connectivity index (χ1) is 8.90. The van der Waals surface area contributed by atoms with Gasteiger partial charge in [-0.15, -0.1) is 11.3 Å². The summed E-state index contributed by atoms with van der Waals surface area (Å²) in [5.41, 5.74) is 0. The Morgan fingerprint density at radius 3 is 2.47 bits per heavy atom. The van der Waals surface area contributed by atoms with E-state index in [1.807, 2.05) is 0 Å². The first-order valence-corrected chi connectivity index (χ1v) is 8.04. The Morgan fingerprint density at radius 2 is 1.89 bits per heavy atom. The molecule has 100 valence electrons.